The Balaban J connectivity index is 1.25. The van der Waals surface area contributed by atoms with Crippen LogP contribution in [0.1, 0.15) is 19.3 Å². The van der Waals surface area contributed by atoms with Gasteiger partial charge in [0.1, 0.15) is 36.3 Å². The van der Waals surface area contributed by atoms with Crippen molar-refractivity contribution in [1.29, 1.82) is 0 Å². The molecule has 0 spiro atoms. The van der Waals surface area contributed by atoms with Gasteiger partial charge in [0.15, 0.2) is 0 Å². The normalized spacial score (nSPS) is 18.8. The average Bonchev–Trinajstić information content (AvgIpc) is 3.52. The zero-order valence-corrected chi connectivity index (χ0v) is 16.5. The largest absolute Gasteiger partial charge is 0.491 e. The van der Waals surface area contributed by atoms with Crippen LogP contribution < -0.4 is 4.74 Å². The summed E-state index contributed by atoms with van der Waals surface area (Å²) in [5, 5.41) is 9.54. The summed E-state index contributed by atoms with van der Waals surface area (Å²) in [4.78, 5) is 13.0. The van der Waals surface area contributed by atoms with Gasteiger partial charge in [-0.25, -0.2) is 15.0 Å². The second-order valence-corrected chi connectivity index (χ2v) is 7.42. The van der Waals surface area contributed by atoms with Crippen LogP contribution in [-0.2, 0) is 4.74 Å². The molecule has 0 radical (unpaired) electrons. The average molecular weight is 405 g/mol. The van der Waals surface area contributed by atoms with Crippen molar-refractivity contribution in [2.45, 2.75) is 31.5 Å². The molecule has 5 rings (SSSR count). The molecule has 1 aliphatic carbocycles. The molecule has 1 saturated carbocycles. The van der Waals surface area contributed by atoms with Crippen molar-refractivity contribution in [2.75, 3.05) is 13.2 Å². The predicted molar refractivity (Wildman–Crippen MR) is 111 cm³/mol. The zero-order chi connectivity index (χ0) is 20.3. The van der Waals surface area contributed by atoms with Gasteiger partial charge in [0, 0.05) is 24.1 Å². The lowest BCUT2D eigenvalue weighted by atomic mass is 10.3. The topological polar surface area (TPSA) is 87.2 Å². The van der Waals surface area contributed by atoms with Gasteiger partial charge in [0.2, 0.25) is 0 Å². The van der Waals surface area contributed by atoms with Gasteiger partial charge in [-0.05, 0) is 43.5 Å². The Morgan fingerprint density at radius 2 is 1.97 bits per heavy atom. The Bertz CT molecular complexity index is 1110. The molecule has 1 N–H and O–H groups in total. The van der Waals surface area contributed by atoms with E-state index in [2.05, 4.69) is 15.0 Å². The number of nitrogens with zero attached hydrogens (tertiary/aromatic N) is 5. The Kier molecular flexibility index (Phi) is 5.17. The van der Waals surface area contributed by atoms with Crippen LogP contribution in [-0.4, -0.2) is 54.6 Å². The van der Waals surface area contributed by atoms with Crippen molar-refractivity contribution >= 4 is 11.0 Å². The minimum atomic E-state index is -0.213. The van der Waals surface area contributed by atoms with Crippen molar-refractivity contribution in [2.24, 2.45) is 0 Å². The van der Waals surface area contributed by atoms with Crippen LogP contribution in [0.5, 0.6) is 5.75 Å². The summed E-state index contributed by atoms with van der Waals surface area (Å²) in [7, 11) is 0. The van der Waals surface area contributed by atoms with E-state index in [-0.39, 0.29) is 12.2 Å². The molecule has 154 valence electrons. The molecular weight excluding hydrogens is 382 g/mol. The van der Waals surface area contributed by atoms with Crippen molar-refractivity contribution in [3.05, 3.63) is 61.6 Å². The molecule has 1 aliphatic rings. The molecule has 8 heteroatoms. The van der Waals surface area contributed by atoms with E-state index in [1.54, 1.807) is 25.0 Å². The van der Waals surface area contributed by atoms with Gasteiger partial charge in [-0.1, -0.05) is 0 Å². The van der Waals surface area contributed by atoms with E-state index in [4.69, 9.17) is 9.47 Å². The quantitative estimate of drug-likeness (QED) is 0.476. The van der Waals surface area contributed by atoms with Crippen molar-refractivity contribution in [3.8, 4) is 17.3 Å². The monoisotopic (exact) mass is 405 g/mol. The lowest BCUT2D eigenvalue weighted by Gasteiger charge is -2.12. The summed E-state index contributed by atoms with van der Waals surface area (Å²) in [6.45, 7) is 1.01. The van der Waals surface area contributed by atoms with Crippen LogP contribution in [0.25, 0.3) is 22.5 Å². The van der Waals surface area contributed by atoms with Crippen molar-refractivity contribution < 1.29 is 14.6 Å². The molecule has 3 heterocycles. The maximum absolute atomic E-state index is 9.54. The van der Waals surface area contributed by atoms with E-state index in [0.29, 0.717) is 13.2 Å². The van der Waals surface area contributed by atoms with Gasteiger partial charge in [-0.2, -0.15) is 0 Å². The molecule has 3 aromatic heterocycles. The molecule has 0 saturated heterocycles. The van der Waals surface area contributed by atoms with E-state index in [1.165, 1.54) is 0 Å². The predicted octanol–water partition coefficient (Wildman–Crippen LogP) is 2.92. The van der Waals surface area contributed by atoms with Crippen molar-refractivity contribution in [1.82, 2.24) is 24.1 Å². The SMILES string of the molecule is OC1CCC(OCCOc2ccc(-n3cnc4cnc(-n5ccnc5)cc43)cc2)C1. The van der Waals surface area contributed by atoms with Crippen molar-refractivity contribution in [3.63, 3.8) is 0 Å². The molecule has 1 aromatic carbocycles. The third kappa shape index (κ3) is 3.92. The molecule has 2 atom stereocenters. The molecule has 1 fully saturated rings. The summed E-state index contributed by atoms with van der Waals surface area (Å²) in [6.07, 6.45) is 11.3. The first-order chi connectivity index (χ1) is 14.8. The molecule has 0 amide bonds. The fourth-order valence-corrected chi connectivity index (χ4v) is 3.79. The fourth-order valence-electron chi connectivity index (χ4n) is 3.79. The number of aliphatic hydroxyl groups is 1. The van der Waals surface area contributed by atoms with E-state index < -0.39 is 0 Å². The summed E-state index contributed by atoms with van der Waals surface area (Å²) in [5.41, 5.74) is 2.78. The zero-order valence-electron chi connectivity index (χ0n) is 16.5. The number of aliphatic hydroxyl groups excluding tert-OH is 1. The molecule has 4 aromatic rings. The van der Waals surface area contributed by atoms with E-state index >= 15 is 0 Å². The first-order valence-electron chi connectivity index (χ1n) is 10.1. The van der Waals surface area contributed by atoms with Crippen LogP contribution in [0.15, 0.2) is 61.6 Å². The Labute approximate surface area is 173 Å². The number of pyridine rings is 1. The number of imidazole rings is 2. The van der Waals surface area contributed by atoms with Crippen LogP contribution in [0.4, 0.5) is 0 Å². The lowest BCUT2D eigenvalue weighted by Crippen LogP contribution is -2.15. The number of rotatable bonds is 7. The first kappa shape index (κ1) is 18.8. The van der Waals surface area contributed by atoms with E-state index in [0.717, 1.165) is 47.6 Å². The maximum atomic E-state index is 9.54. The highest BCUT2D eigenvalue weighted by Crippen LogP contribution is 2.23. The standard InChI is InChI=1S/C22H23N5O3/c28-17-3-6-19(11-17)30-10-9-29-18-4-1-16(2-5-18)27-15-25-20-13-24-22(12-21(20)27)26-8-7-23-14-26/h1-2,4-5,7-8,12-15,17,19,28H,3,6,9-11H2. The van der Waals surface area contributed by atoms with Gasteiger partial charge in [0.05, 0.1) is 30.5 Å². The highest BCUT2D eigenvalue weighted by atomic mass is 16.5. The van der Waals surface area contributed by atoms with E-state index in [9.17, 15) is 5.11 Å². The number of hydrogen-bond donors (Lipinski definition) is 1. The van der Waals surface area contributed by atoms with Gasteiger partial charge >= 0.3 is 0 Å². The number of benzene rings is 1. The summed E-state index contributed by atoms with van der Waals surface area (Å²) >= 11 is 0. The van der Waals surface area contributed by atoms with Gasteiger partial charge in [-0.3, -0.25) is 9.13 Å². The van der Waals surface area contributed by atoms with Crippen LogP contribution in [0, 0.1) is 0 Å². The fraction of sp³-hybridized carbons (Fsp3) is 0.318. The Hall–Kier alpha value is -3.23. The minimum absolute atomic E-state index is 0.155. The summed E-state index contributed by atoms with van der Waals surface area (Å²) in [6, 6.07) is 9.88. The second-order valence-electron chi connectivity index (χ2n) is 7.42. The highest BCUT2D eigenvalue weighted by molar-refractivity contribution is 5.78. The molecule has 0 bridgehead atoms. The van der Waals surface area contributed by atoms with Crippen LogP contribution in [0.2, 0.25) is 0 Å². The second kappa shape index (κ2) is 8.25. The smallest absolute Gasteiger partial charge is 0.140 e. The number of fused-ring (bicyclic) bond motifs is 1. The van der Waals surface area contributed by atoms with Gasteiger partial charge in [-0.15, -0.1) is 0 Å². The maximum Gasteiger partial charge on any atom is 0.140 e. The molecular formula is C22H23N5O3. The summed E-state index contributed by atoms with van der Waals surface area (Å²) < 4.78 is 15.4. The Morgan fingerprint density at radius 3 is 2.73 bits per heavy atom. The number of ether oxygens (including phenoxy) is 2. The summed E-state index contributed by atoms with van der Waals surface area (Å²) in [5.74, 6) is 1.58. The number of hydrogen-bond acceptors (Lipinski definition) is 6. The Morgan fingerprint density at radius 1 is 1.07 bits per heavy atom. The molecule has 0 aliphatic heterocycles. The van der Waals surface area contributed by atoms with Crippen LogP contribution >= 0.6 is 0 Å². The van der Waals surface area contributed by atoms with Gasteiger partial charge in [0.25, 0.3) is 0 Å². The third-order valence-electron chi connectivity index (χ3n) is 5.37. The third-order valence-corrected chi connectivity index (χ3v) is 5.37. The van der Waals surface area contributed by atoms with Gasteiger partial charge < -0.3 is 14.6 Å². The van der Waals surface area contributed by atoms with Crippen LogP contribution in [0.3, 0.4) is 0 Å². The molecule has 8 nitrogen and oxygen atoms in total. The molecule has 2 unspecified atom stereocenters. The number of aromatic nitrogens is 5. The van der Waals surface area contributed by atoms with E-state index in [1.807, 2.05) is 45.7 Å². The first-order valence-corrected chi connectivity index (χ1v) is 10.1. The lowest BCUT2D eigenvalue weighted by molar-refractivity contribution is 0.0298. The minimum Gasteiger partial charge on any atom is -0.491 e. The highest BCUT2D eigenvalue weighted by Gasteiger charge is 2.22. The molecule has 30 heavy (non-hydrogen) atoms.